The molecule has 10 heteroatoms. The van der Waals surface area contributed by atoms with Gasteiger partial charge in [0.15, 0.2) is 0 Å². The molecule has 1 aliphatic heterocycles. The van der Waals surface area contributed by atoms with Crippen LogP contribution in [0, 0.1) is 20.0 Å². The molecule has 3 rings (SSSR count). The van der Waals surface area contributed by atoms with E-state index >= 15 is 0 Å². The predicted molar refractivity (Wildman–Crippen MR) is 94.7 cm³/mol. The van der Waals surface area contributed by atoms with E-state index in [1.807, 2.05) is 30.3 Å². The van der Waals surface area contributed by atoms with E-state index in [9.17, 15) is 9.59 Å². The average Bonchev–Trinajstić information content (AvgIpc) is 3.15. The van der Waals surface area contributed by atoms with Gasteiger partial charge in [0, 0.05) is 31.1 Å². The summed E-state index contributed by atoms with van der Waals surface area (Å²) in [4.78, 5) is 32.8. The Morgan fingerprint density at radius 1 is 0.862 bits per heavy atom. The number of halogens is 1. The standard InChI is InChI=1S/C16H13N3O2.3CO.ClH.Re/c20-15-4-5-16(21)19(15)10-7-12-6-9-18-14(11-12)13-3-1-2-8-17-13;3*1-2;;/h1-6,8-9,11H,7,10H2;;;;1H;/q;;;;;+1/p-1. The van der Waals surface area contributed by atoms with E-state index < -0.39 is 0 Å². The molecule has 148 valence electrons. The summed E-state index contributed by atoms with van der Waals surface area (Å²) in [5, 5.41) is 0. The first-order chi connectivity index (χ1) is 14.2. The second kappa shape index (κ2) is 18.7. The second-order valence-corrected chi connectivity index (χ2v) is 4.68. The summed E-state index contributed by atoms with van der Waals surface area (Å²) in [6.45, 7) is 13.9. The summed E-state index contributed by atoms with van der Waals surface area (Å²) >= 11 is 1.19. The van der Waals surface area contributed by atoms with Crippen LogP contribution in [0.3, 0.4) is 0 Å². The van der Waals surface area contributed by atoms with Crippen molar-refractivity contribution in [3.63, 3.8) is 0 Å². The second-order valence-electron chi connectivity index (χ2n) is 4.68. The number of amides is 2. The topological polar surface area (TPSA) is 123 Å². The van der Waals surface area contributed by atoms with Crippen LogP contribution in [0.1, 0.15) is 5.56 Å². The summed E-state index contributed by atoms with van der Waals surface area (Å²) in [7, 11) is 4.69. The summed E-state index contributed by atoms with van der Waals surface area (Å²) in [5.41, 5.74) is 2.60. The fourth-order valence-corrected chi connectivity index (χ4v) is 2.18. The number of imide groups is 1. The van der Waals surface area contributed by atoms with Crippen molar-refractivity contribution >= 4 is 21.3 Å². The van der Waals surface area contributed by atoms with Gasteiger partial charge in [0.1, 0.15) is 0 Å². The Morgan fingerprint density at radius 2 is 1.41 bits per heavy atom. The van der Waals surface area contributed by atoms with E-state index in [-0.39, 0.29) is 11.8 Å². The van der Waals surface area contributed by atoms with E-state index in [0.717, 1.165) is 17.0 Å². The molecule has 2 aromatic rings. The molecule has 2 amide bonds. The molecule has 0 radical (unpaired) electrons. The van der Waals surface area contributed by atoms with Crippen molar-refractivity contribution < 1.29 is 41.7 Å². The zero-order chi connectivity index (χ0) is 22.7. The molecule has 0 aliphatic carbocycles. The van der Waals surface area contributed by atoms with Crippen molar-refractivity contribution in [1.82, 2.24) is 14.9 Å². The van der Waals surface area contributed by atoms with E-state index in [1.54, 1.807) is 12.4 Å². The van der Waals surface area contributed by atoms with Gasteiger partial charge in [-0.05, 0) is 36.2 Å². The molecule has 0 unspecified atom stereocenters. The Labute approximate surface area is 182 Å². The van der Waals surface area contributed by atoms with Crippen molar-refractivity contribution in [2.24, 2.45) is 0 Å². The van der Waals surface area contributed by atoms with Crippen molar-refractivity contribution in [1.29, 1.82) is 0 Å². The molecule has 0 aromatic carbocycles. The SMILES string of the molecule is O=C1C=CC(=O)N1CCc1ccnc(-c2ccccn2)c1.[C-]#[O+].[C-]#[O+].[C-]#[O+].[Cl][Re]. The fraction of sp³-hybridized carbons (Fsp3) is 0.105. The van der Waals surface area contributed by atoms with Gasteiger partial charge < -0.3 is 0 Å². The Morgan fingerprint density at radius 3 is 1.93 bits per heavy atom. The zero-order valence-corrected chi connectivity index (χ0v) is 18.2. The average molecular weight is 585 g/mol. The Bertz CT molecular complexity index is 821. The molecular formula is C19H13ClN3O5Re. The number of carbonyl (C=O) groups is 2. The molecule has 0 saturated heterocycles. The Kier molecular flexibility index (Phi) is 18.4. The molecule has 0 fully saturated rings. The van der Waals surface area contributed by atoms with Crippen LogP contribution in [-0.2, 0) is 48.1 Å². The molecule has 3 heterocycles. The summed E-state index contributed by atoms with van der Waals surface area (Å²) in [5.74, 6) is -0.502. The summed E-state index contributed by atoms with van der Waals surface area (Å²) in [6, 6.07) is 9.46. The van der Waals surface area contributed by atoms with Crippen LogP contribution < -0.4 is 0 Å². The number of nitrogens with zero attached hydrogens (tertiary/aromatic N) is 3. The minimum atomic E-state index is -0.251. The molecular weight excluding hydrogens is 572 g/mol. The maximum atomic E-state index is 11.5. The van der Waals surface area contributed by atoms with E-state index in [0.29, 0.717) is 13.0 Å². The van der Waals surface area contributed by atoms with Crippen LogP contribution in [-0.4, -0.2) is 33.2 Å². The van der Waals surface area contributed by atoms with Gasteiger partial charge in [-0.25, -0.2) is 0 Å². The van der Waals surface area contributed by atoms with Crippen LogP contribution in [0.5, 0.6) is 0 Å². The third-order valence-corrected chi connectivity index (χ3v) is 3.28. The van der Waals surface area contributed by atoms with Gasteiger partial charge >= 0.3 is 61.6 Å². The third-order valence-electron chi connectivity index (χ3n) is 3.28. The van der Waals surface area contributed by atoms with E-state index in [4.69, 9.17) is 23.5 Å². The van der Waals surface area contributed by atoms with Crippen molar-refractivity contribution in [3.8, 4) is 11.4 Å². The molecule has 2 aromatic heterocycles. The number of carbonyl (C=O) groups excluding carboxylic acids is 2. The Hall–Kier alpha value is -2.65. The molecule has 1 aliphatic rings. The third kappa shape index (κ3) is 9.91. The Balaban J connectivity index is 0. The molecule has 0 saturated carbocycles. The van der Waals surface area contributed by atoms with Gasteiger partial charge in [0.2, 0.25) is 0 Å². The van der Waals surface area contributed by atoms with E-state index in [2.05, 4.69) is 29.9 Å². The molecule has 0 bridgehead atoms. The maximum absolute atomic E-state index is 11.5. The fourth-order valence-electron chi connectivity index (χ4n) is 2.18. The van der Waals surface area contributed by atoms with Gasteiger partial charge in [-0.2, -0.15) is 0 Å². The van der Waals surface area contributed by atoms with Gasteiger partial charge in [-0.3, -0.25) is 24.5 Å². The molecule has 0 atom stereocenters. The molecule has 0 spiro atoms. The number of rotatable bonds is 4. The summed E-state index contributed by atoms with van der Waals surface area (Å²) in [6.07, 6.45) is 6.63. The van der Waals surface area contributed by atoms with Crippen molar-refractivity contribution in [2.45, 2.75) is 6.42 Å². The quantitative estimate of drug-likeness (QED) is 0.310. The van der Waals surface area contributed by atoms with Gasteiger partial charge in [-0.1, -0.05) is 6.07 Å². The number of hydrogen-bond donors (Lipinski definition) is 0. The number of aromatic nitrogens is 2. The van der Waals surface area contributed by atoms with Crippen molar-refractivity contribution in [2.75, 3.05) is 6.54 Å². The zero-order valence-electron chi connectivity index (χ0n) is 14.7. The van der Waals surface area contributed by atoms with Crippen LogP contribution in [0.15, 0.2) is 54.9 Å². The number of pyridine rings is 2. The number of hydrogen-bond acceptors (Lipinski definition) is 4. The first-order valence-electron chi connectivity index (χ1n) is 7.39. The van der Waals surface area contributed by atoms with Crippen LogP contribution in [0.25, 0.3) is 11.4 Å². The summed E-state index contributed by atoms with van der Waals surface area (Å²) < 4.78 is 22.5. The van der Waals surface area contributed by atoms with Crippen LogP contribution in [0.4, 0.5) is 0 Å². The van der Waals surface area contributed by atoms with Crippen LogP contribution in [0.2, 0.25) is 0 Å². The minimum absolute atomic E-state index is 0.251. The van der Waals surface area contributed by atoms with Crippen molar-refractivity contribution in [3.05, 3.63) is 80.4 Å². The predicted octanol–water partition coefficient (Wildman–Crippen LogP) is 2.19. The monoisotopic (exact) mass is 585 g/mol. The van der Waals surface area contributed by atoms with Gasteiger partial charge in [0.25, 0.3) is 11.8 Å². The normalized spacial score (nSPS) is 10.6. The van der Waals surface area contributed by atoms with Crippen LogP contribution >= 0.6 is 9.53 Å². The van der Waals surface area contributed by atoms with E-state index in [1.165, 1.54) is 35.2 Å². The van der Waals surface area contributed by atoms with Gasteiger partial charge in [0.05, 0.1) is 11.4 Å². The molecule has 29 heavy (non-hydrogen) atoms. The molecule has 0 N–H and O–H groups in total. The van der Waals surface area contributed by atoms with Gasteiger partial charge in [-0.15, -0.1) is 0 Å². The first-order valence-corrected chi connectivity index (χ1v) is 10.8. The molecule has 8 nitrogen and oxygen atoms in total. The first kappa shape index (κ1) is 28.6.